The monoisotopic (exact) mass is 420 g/mol. The van der Waals surface area contributed by atoms with Crippen LogP contribution in [-0.2, 0) is 7.05 Å². The summed E-state index contributed by atoms with van der Waals surface area (Å²) in [6, 6.07) is 7.15. The van der Waals surface area contributed by atoms with Gasteiger partial charge in [0.05, 0.1) is 5.56 Å². The zero-order valence-corrected chi connectivity index (χ0v) is 16.9. The van der Waals surface area contributed by atoms with E-state index in [1.807, 2.05) is 6.07 Å². The molecule has 2 amide bonds. The molecule has 3 aromatic rings. The van der Waals surface area contributed by atoms with Crippen LogP contribution in [0.25, 0.3) is 11.1 Å². The number of nitriles is 1. The van der Waals surface area contributed by atoms with E-state index in [0.717, 1.165) is 11.0 Å². The smallest absolute Gasteiger partial charge is 0.281 e. The fraction of sp³-hybridized carbons (Fsp3) is 0.190. The molecule has 1 aliphatic rings. The molecule has 10 heteroatoms. The Labute approximate surface area is 176 Å². The first kappa shape index (κ1) is 20.0. The van der Waals surface area contributed by atoms with Crippen molar-refractivity contribution < 1.29 is 18.7 Å². The van der Waals surface area contributed by atoms with Crippen LogP contribution < -0.4 is 10.5 Å². The number of halogens is 1. The van der Waals surface area contributed by atoms with Crippen LogP contribution in [-0.4, -0.2) is 38.5 Å². The van der Waals surface area contributed by atoms with E-state index in [-0.39, 0.29) is 39.6 Å². The number of nitrogens with two attached hydrogens (primary N) is 1. The first-order valence-electron chi connectivity index (χ1n) is 9.24. The van der Waals surface area contributed by atoms with E-state index in [9.17, 15) is 19.2 Å². The highest BCUT2D eigenvalue weighted by atomic mass is 19.1. The van der Waals surface area contributed by atoms with Gasteiger partial charge in [-0.2, -0.15) is 10.4 Å². The fourth-order valence-corrected chi connectivity index (χ4v) is 3.51. The molecule has 3 heterocycles. The van der Waals surface area contributed by atoms with Gasteiger partial charge in [0.1, 0.15) is 23.7 Å². The van der Waals surface area contributed by atoms with Gasteiger partial charge in [0, 0.05) is 37.0 Å². The molecule has 0 fully saturated rings. The summed E-state index contributed by atoms with van der Waals surface area (Å²) >= 11 is 0. The number of carbonyl (C=O) groups excluding carboxylic acids is 2. The largest absolute Gasteiger partial charge is 0.482 e. The number of benzene rings is 1. The quantitative estimate of drug-likeness (QED) is 0.553. The van der Waals surface area contributed by atoms with Gasteiger partial charge >= 0.3 is 0 Å². The Bertz CT molecular complexity index is 1290. The van der Waals surface area contributed by atoms with Crippen LogP contribution in [0.15, 0.2) is 30.5 Å². The second kappa shape index (κ2) is 7.21. The van der Waals surface area contributed by atoms with E-state index in [1.165, 1.54) is 43.2 Å². The number of pyridine rings is 1. The Kier molecular flexibility index (Phi) is 4.66. The minimum atomic E-state index is -0.791. The third-order valence-corrected chi connectivity index (χ3v) is 5.12. The zero-order chi connectivity index (χ0) is 22.4. The Balaban J connectivity index is 2.04. The van der Waals surface area contributed by atoms with Crippen LogP contribution in [0.2, 0.25) is 0 Å². The van der Waals surface area contributed by atoms with Crippen LogP contribution in [0.4, 0.5) is 10.2 Å². The maximum absolute atomic E-state index is 14.0. The SMILES string of the molecule is CC1Oc2cc(cnc2N)-c2c(nn(C)c2C#N)C(=O)N(C)C(=O)c2ccc(F)cc21. The number of rotatable bonds is 0. The number of aryl methyl sites for hydroxylation is 1. The highest BCUT2D eigenvalue weighted by Crippen LogP contribution is 2.35. The molecule has 1 aliphatic heterocycles. The van der Waals surface area contributed by atoms with Gasteiger partial charge < -0.3 is 10.5 Å². The first-order chi connectivity index (χ1) is 14.7. The number of imide groups is 1. The van der Waals surface area contributed by atoms with Gasteiger partial charge in [0.2, 0.25) is 0 Å². The standard InChI is InChI=1S/C21H17FN6O3/c1-10-14-7-12(22)4-5-13(14)20(29)27(2)21(30)18-17(15(8-23)28(3)26-18)11-6-16(31-10)19(24)25-9-11/h4-7,9-10H,1-3H3,(H2,24,25). The Morgan fingerprint density at radius 3 is 2.68 bits per heavy atom. The van der Waals surface area contributed by atoms with Gasteiger partial charge in [-0.1, -0.05) is 0 Å². The van der Waals surface area contributed by atoms with Gasteiger partial charge in [0.25, 0.3) is 11.8 Å². The number of aromatic nitrogens is 3. The molecule has 0 aliphatic carbocycles. The summed E-state index contributed by atoms with van der Waals surface area (Å²) in [5.74, 6) is -1.73. The summed E-state index contributed by atoms with van der Waals surface area (Å²) in [7, 11) is 2.81. The summed E-state index contributed by atoms with van der Waals surface area (Å²) < 4.78 is 21.2. The topological polar surface area (TPSA) is 127 Å². The van der Waals surface area contributed by atoms with Crippen LogP contribution >= 0.6 is 0 Å². The summed E-state index contributed by atoms with van der Waals surface area (Å²) in [4.78, 5) is 31.4. The number of amides is 2. The predicted octanol–water partition coefficient (Wildman–Crippen LogP) is 2.44. The van der Waals surface area contributed by atoms with E-state index in [4.69, 9.17) is 10.5 Å². The molecule has 0 spiro atoms. The van der Waals surface area contributed by atoms with E-state index < -0.39 is 23.7 Å². The van der Waals surface area contributed by atoms with Crippen molar-refractivity contribution in [3.63, 3.8) is 0 Å². The van der Waals surface area contributed by atoms with Gasteiger partial charge in [-0.15, -0.1) is 0 Å². The minimum Gasteiger partial charge on any atom is -0.482 e. The lowest BCUT2D eigenvalue weighted by Crippen LogP contribution is -2.35. The number of anilines is 1. The molecule has 9 nitrogen and oxygen atoms in total. The number of nitrogen functional groups attached to an aromatic ring is 1. The Morgan fingerprint density at radius 1 is 1.23 bits per heavy atom. The van der Waals surface area contributed by atoms with Crippen molar-refractivity contribution in [1.82, 2.24) is 19.7 Å². The van der Waals surface area contributed by atoms with Gasteiger partial charge in [-0.05, 0) is 31.2 Å². The molecule has 0 saturated heterocycles. The van der Waals surface area contributed by atoms with E-state index in [1.54, 1.807) is 6.92 Å². The summed E-state index contributed by atoms with van der Waals surface area (Å²) in [6.07, 6.45) is 0.601. The highest BCUT2D eigenvalue weighted by molar-refractivity contribution is 6.12. The number of fused-ring (bicyclic) bond motifs is 5. The molecular formula is C21H17FN6O3. The van der Waals surface area contributed by atoms with Crippen LogP contribution in [0.1, 0.15) is 45.1 Å². The average Bonchev–Trinajstić information content (AvgIpc) is 3.09. The van der Waals surface area contributed by atoms with Crippen molar-refractivity contribution in [2.24, 2.45) is 7.05 Å². The minimum absolute atomic E-state index is 0.0596. The molecule has 1 aromatic carbocycles. The second-order valence-electron chi connectivity index (χ2n) is 7.08. The molecular weight excluding hydrogens is 403 g/mol. The second-order valence-corrected chi connectivity index (χ2v) is 7.08. The molecule has 156 valence electrons. The Hall–Kier alpha value is -4.26. The van der Waals surface area contributed by atoms with Crippen LogP contribution in [0, 0.1) is 17.1 Å². The molecule has 0 saturated carbocycles. The van der Waals surface area contributed by atoms with Crippen molar-refractivity contribution in [2.45, 2.75) is 13.0 Å². The third kappa shape index (κ3) is 3.16. The number of hydrogen-bond donors (Lipinski definition) is 1. The van der Waals surface area contributed by atoms with Crippen molar-refractivity contribution in [3.8, 4) is 22.9 Å². The molecule has 2 N–H and O–H groups in total. The molecule has 31 heavy (non-hydrogen) atoms. The first-order valence-corrected chi connectivity index (χ1v) is 9.24. The zero-order valence-electron chi connectivity index (χ0n) is 16.9. The summed E-state index contributed by atoms with van der Waals surface area (Å²) in [5, 5.41) is 13.8. The lowest BCUT2D eigenvalue weighted by atomic mass is 10.00. The number of hydrogen-bond acceptors (Lipinski definition) is 7. The van der Waals surface area contributed by atoms with Crippen LogP contribution in [0.5, 0.6) is 5.75 Å². The molecule has 0 radical (unpaired) electrons. The number of carbonyl (C=O) groups is 2. The third-order valence-electron chi connectivity index (χ3n) is 5.12. The Morgan fingerprint density at radius 2 is 1.97 bits per heavy atom. The lowest BCUT2D eigenvalue weighted by Gasteiger charge is -2.22. The maximum atomic E-state index is 14.0. The highest BCUT2D eigenvalue weighted by Gasteiger charge is 2.32. The molecule has 2 aromatic heterocycles. The van der Waals surface area contributed by atoms with Crippen molar-refractivity contribution in [3.05, 3.63) is 58.8 Å². The van der Waals surface area contributed by atoms with Crippen molar-refractivity contribution >= 4 is 17.6 Å². The molecule has 1 unspecified atom stereocenters. The normalized spacial score (nSPS) is 15.8. The summed E-state index contributed by atoms with van der Waals surface area (Å²) in [5.41, 5.74) is 6.87. The van der Waals surface area contributed by atoms with Crippen LogP contribution in [0.3, 0.4) is 0 Å². The number of nitrogens with zero attached hydrogens (tertiary/aromatic N) is 5. The number of ether oxygens (including phenoxy) is 1. The molecule has 4 rings (SSSR count). The summed E-state index contributed by atoms with van der Waals surface area (Å²) in [6.45, 7) is 1.63. The van der Waals surface area contributed by atoms with Gasteiger partial charge in [0.15, 0.2) is 17.3 Å². The average molecular weight is 420 g/mol. The lowest BCUT2D eigenvalue weighted by molar-refractivity contribution is 0.0649. The van der Waals surface area contributed by atoms with Gasteiger partial charge in [-0.25, -0.2) is 9.37 Å². The maximum Gasteiger partial charge on any atom is 0.281 e. The molecule has 2 bridgehead atoms. The predicted molar refractivity (Wildman–Crippen MR) is 107 cm³/mol. The molecule has 1 atom stereocenters. The van der Waals surface area contributed by atoms with Gasteiger partial charge in [-0.3, -0.25) is 19.2 Å². The van der Waals surface area contributed by atoms with E-state index in [0.29, 0.717) is 5.56 Å². The van der Waals surface area contributed by atoms with Crippen molar-refractivity contribution in [1.29, 1.82) is 5.26 Å². The van der Waals surface area contributed by atoms with E-state index >= 15 is 0 Å². The fourth-order valence-electron chi connectivity index (χ4n) is 3.51. The van der Waals surface area contributed by atoms with Crippen molar-refractivity contribution in [2.75, 3.05) is 12.8 Å². The van der Waals surface area contributed by atoms with E-state index in [2.05, 4.69) is 10.1 Å².